The second kappa shape index (κ2) is 5.76. The molecule has 2 N–H and O–H groups in total. The maximum Gasteiger partial charge on any atom is 0.144 e. The number of nitrogens with two attached hydrogens (primary N) is 1. The Bertz CT molecular complexity index is 737. The molecule has 0 aliphatic heterocycles. The third kappa shape index (κ3) is 2.51. The van der Waals surface area contributed by atoms with Gasteiger partial charge in [-0.3, -0.25) is 4.98 Å². The van der Waals surface area contributed by atoms with Gasteiger partial charge in [0.1, 0.15) is 11.4 Å². The molecule has 0 fully saturated rings. The first-order valence-corrected chi connectivity index (χ1v) is 6.66. The molecule has 2 aromatic heterocycles. The lowest BCUT2D eigenvalue weighted by molar-refractivity contribution is 0.412. The summed E-state index contributed by atoms with van der Waals surface area (Å²) < 4.78 is 7.27. The zero-order chi connectivity index (χ0) is 14.7. The van der Waals surface area contributed by atoms with Gasteiger partial charge in [-0.15, -0.1) is 0 Å². The Labute approximate surface area is 123 Å². The van der Waals surface area contributed by atoms with Gasteiger partial charge in [0, 0.05) is 24.5 Å². The number of para-hydroxylation sites is 2. The minimum absolute atomic E-state index is 0.384. The van der Waals surface area contributed by atoms with E-state index < -0.39 is 0 Å². The largest absolute Gasteiger partial charge is 0.494 e. The summed E-state index contributed by atoms with van der Waals surface area (Å²) in [6.45, 7) is 0.384. The zero-order valence-corrected chi connectivity index (χ0v) is 11.7. The van der Waals surface area contributed by atoms with Gasteiger partial charge in [0.25, 0.3) is 0 Å². The first-order chi connectivity index (χ1) is 10.3. The van der Waals surface area contributed by atoms with E-state index in [1.807, 2.05) is 53.3 Å². The maximum absolute atomic E-state index is 5.74. The summed E-state index contributed by atoms with van der Waals surface area (Å²) in [5.41, 5.74) is 9.35. The zero-order valence-electron chi connectivity index (χ0n) is 11.7. The fraction of sp³-hybridized carbons (Fsp3) is 0.125. The molecule has 3 aromatic rings. The van der Waals surface area contributed by atoms with Gasteiger partial charge in [0.05, 0.1) is 18.5 Å². The van der Waals surface area contributed by atoms with Crippen LogP contribution in [0.5, 0.6) is 5.75 Å². The van der Waals surface area contributed by atoms with Crippen LogP contribution >= 0.6 is 0 Å². The van der Waals surface area contributed by atoms with Crippen molar-refractivity contribution in [3.63, 3.8) is 0 Å². The molecular weight excluding hydrogens is 264 g/mol. The van der Waals surface area contributed by atoms with E-state index in [1.54, 1.807) is 13.3 Å². The number of hydrogen-bond acceptors (Lipinski definition) is 4. The molecule has 5 heteroatoms. The fourth-order valence-electron chi connectivity index (χ4n) is 2.24. The molecule has 0 saturated heterocycles. The van der Waals surface area contributed by atoms with E-state index in [0.717, 1.165) is 28.4 Å². The molecule has 0 saturated carbocycles. The van der Waals surface area contributed by atoms with Crippen LogP contribution in [0.2, 0.25) is 0 Å². The fourth-order valence-corrected chi connectivity index (χ4v) is 2.24. The van der Waals surface area contributed by atoms with Crippen molar-refractivity contribution in [1.29, 1.82) is 0 Å². The van der Waals surface area contributed by atoms with Crippen molar-refractivity contribution in [3.8, 4) is 22.7 Å². The van der Waals surface area contributed by atoms with Crippen molar-refractivity contribution in [2.24, 2.45) is 5.73 Å². The molecule has 0 bridgehead atoms. The average molecular weight is 280 g/mol. The van der Waals surface area contributed by atoms with Gasteiger partial charge in [-0.2, -0.15) is 5.10 Å². The Morgan fingerprint density at radius 1 is 1.19 bits per heavy atom. The van der Waals surface area contributed by atoms with Crippen LogP contribution in [0.15, 0.2) is 54.9 Å². The Morgan fingerprint density at radius 2 is 2.05 bits per heavy atom. The van der Waals surface area contributed by atoms with E-state index in [2.05, 4.69) is 10.1 Å². The number of aromatic nitrogens is 3. The number of nitrogens with zero attached hydrogens (tertiary/aromatic N) is 3. The van der Waals surface area contributed by atoms with Crippen molar-refractivity contribution in [3.05, 3.63) is 60.6 Å². The van der Waals surface area contributed by atoms with Crippen LogP contribution in [0.3, 0.4) is 0 Å². The summed E-state index contributed by atoms with van der Waals surface area (Å²) in [6.07, 6.45) is 3.56. The first kappa shape index (κ1) is 13.3. The Morgan fingerprint density at radius 3 is 2.76 bits per heavy atom. The normalized spacial score (nSPS) is 10.6. The maximum atomic E-state index is 5.74. The third-order valence-electron chi connectivity index (χ3n) is 3.24. The molecule has 2 heterocycles. The lowest BCUT2D eigenvalue weighted by atomic mass is 10.2. The molecule has 106 valence electrons. The topological polar surface area (TPSA) is 66.0 Å². The summed E-state index contributed by atoms with van der Waals surface area (Å²) in [5, 5.41) is 4.57. The van der Waals surface area contributed by atoms with Crippen molar-refractivity contribution in [2.75, 3.05) is 7.11 Å². The van der Waals surface area contributed by atoms with Crippen LogP contribution in [0.1, 0.15) is 5.69 Å². The molecule has 0 radical (unpaired) electrons. The van der Waals surface area contributed by atoms with E-state index in [-0.39, 0.29) is 0 Å². The second-order valence-electron chi connectivity index (χ2n) is 4.55. The lowest BCUT2D eigenvalue weighted by Gasteiger charge is -2.11. The van der Waals surface area contributed by atoms with Crippen LogP contribution in [0.25, 0.3) is 16.9 Å². The van der Waals surface area contributed by atoms with Gasteiger partial charge in [-0.25, -0.2) is 4.68 Å². The monoisotopic (exact) mass is 280 g/mol. The van der Waals surface area contributed by atoms with Crippen LogP contribution in [-0.4, -0.2) is 21.9 Å². The number of rotatable bonds is 4. The number of pyridine rings is 1. The minimum atomic E-state index is 0.384. The van der Waals surface area contributed by atoms with E-state index in [1.165, 1.54) is 0 Å². The highest BCUT2D eigenvalue weighted by atomic mass is 16.5. The molecule has 5 nitrogen and oxygen atoms in total. The number of hydrogen-bond donors (Lipinski definition) is 1. The predicted octanol–water partition coefficient (Wildman–Crippen LogP) is 2.40. The second-order valence-corrected chi connectivity index (χ2v) is 4.55. The van der Waals surface area contributed by atoms with Crippen molar-refractivity contribution in [1.82, 2.24) is 14.8 Å². The number of methoxy groups -OCH3 is 1. The Kier molecular flexibility index (Phi) is 3.66. The number of benzene rings is 1. The summed E-state index contributed by atoms with van der Waals surface area (Å²) in [5.74, 6) is 0.759. The number of ether oxygens (including phenoxy) is 1. The average Bonchev–Trinajstić information content (AvgIpc) is 3.00. The van der Waals surface area contributed by atoms with Gasteiger partial charge in [0.2, 0.25) is 0 Å². The standard InChI is InChI=1S/C16H16N4O/c1-21-16-7-3-2-6-14(16)20-15(9-13(10-17)19-20)12-5-4-8-18-11-12/h2-9,11H,10,17H2,1H3. The molecule has 21 heavy (non-hydrogen) atoms. The highest BCUT2D eigenvalue weighted by molar-refractivity contribution is 5.63. The molecule has 0 amide bonds. The highest BCUT2D eigenvalue weighted by Gasteiger charge is 2.14. The van der Waals surface area contributed by atoms with Gasteiger partial charge >= 0.3 is 0 Å². The van der Waals surface area contributed by atoms with Crippen LogP contribution in [0, 0.1) is 0 Å². The molecule has 0 spiro atoms. The van der Waals surface area contributed by atoms with Crippen LogP contribution in [0.4, 0.5) is 0 Å². The minimum Gasteiger partial charge on any atom is -0.494 e. The molecule has 0 aliphatic carbocycles. The third-order valence-corrected chi connectivity index (χ3v) is 3.24. The molecule has 0 atom stereocenters. The summed E-state index contributed by atoms with van der Waals surface area (Å²) in [6, 6.07) is 13.6. The van der Waals surface area contributed by atoms with E-state index in [0.29, 0.717) is 6.54 Å². The molecular formula is C16H16N4O. The van der Waals surface area contributed by atoms with Crippen molar-refractivity contribution >= 4 is 0 Å². The van der Waals surface area contributed by atoms with E-state index >= 15 is 0 Å². The van der Waals surface area contributed by atoms with Gasteiger partial charge < -0.3 is 10.5 Å². The Balaban J connectivity index is 2.20. The molecule has 1 aromatic carbocycles. The smallest absolute Gasteiger partial charge is 0.144 e. The lowest BCUT2D eigenvalue weighted by Crippen LogP contribution is -2.03. The van der Waals surface area contributed by atoms with Crippen LogP contribution < -0.4 is 10.5 Å². The van der Waals surface area contributed by atoms with Gasteiger partial charge in [0.15, 0.2) is 0 Å². The highest BCUT2D eigenvalue weighted by Crippen LogP contribution is 2.28. The Hall–Kier alpha value is -2.66. The SMILES string of the molecule is COc1ccccc1-n1nc(CN)cc1-c1cccnc1. The summed E-state index contributed by atoms with van der Waals surface area (Å²) >= 11 is 0. The molecule has 0 unspecified atom stereocenters. The van der Waals surface area contributed by atoms with Crippen LogP contribution in [-0.2, 0) is 6.54 Å². The van der Waals surface area contributed by atoms with Gasteiger partial charge in [-0.1, -0.05) is 12.1 Å². The summed E-state index contributed by atoms with van der Waals surface area (Å²) in [7, 11) is 1.65. The van der Waals surface area contributed by atoms with Crippen molar-refractivity contribution < 1.29 is 4.74 Å². The molecule has 3 rings (SSSR count). The first-order valence-electron chi connectivity index (χ1n) is 6.66. The quantitative estimate of drug-likeness (QED) is 0.797. The van der Waals surface area contributed by atoms with Gasteiger partial charge in [-0.05, 0) is 30.3 Å². The van der Waals surface area contributed by atoms with E-state index in [4.69, 9.17) is 10.5 Å². The van der Waals surface area contributed by atoms with Crippen molar-refractivity contribution in [2.45, 2.75) is 6.54 Å². The molecule has 0 aliphatic rings. The van der Waals surface area contributed by atoms with E-state index in [9.17, 15) is 0 Å². The summed E-state index contributed by atoms with van der Waals surface area (Å²) in [4.78, 5) is 4.17. The predicted molar refractivity (Wildman–Crippen MR) is 81.2 cm³/mol.